The van der Waals surface area contributed by atoms with Gasteiger partial charge in [-0.3, -0.25) is 5.41 Å². The van der Waals surface area contributed by atoms with Gasteiger partial charge in [-0.1, -0.05) is 0 Å². The van der Waals surface area contributed by atoms with E-state index in [1.807, 2.05) is 0 Å². The summed E-state index contributed by atoms with van der Waals surface area (Å²) in [4.78, 5) is 1.78. The molecule has 0 fully saturated rings. The van der Waals surface area contributed by atoms with Gasteiger partial charge in [0.15, 0.2) is 0 Å². The second-order valence-corrected chi connectivity index (χ2v) is 4.79. The molecule has 1 aromatic carbocycles. The zero-order valence-electron chi connectivity index (χ0n) is 12.0. The maximum Gasteiger partial charge on any atom is 0.419 e. The van der Waals surface area contributed by atoms with E-state index in [9.17, 15) is 17.6 Å². The first-order chi connectivity index (χ1) is 10.2. The Morgan fingerprint density at radius 1 is 1.36 bits per heavy atom. The number of hydrogen-bond donors (Lipinski definition) is 3. The number of halogens is 4. The van der Waals surface area contributed by atoms with Crippen molar-refractivity contribution >= 4 is 5.71 Å². The van der Waals surface area contributed by atoms with Gasteiger partial charge < -0.3 is 16.4 Å². The second kappa shape index (κ2) is 7.37. The molecular formula is C14H18F4N4. The Morgan fingerprint density at radius 3 is 2.50 bits per heavy atom. The molecule has 122 valence electrons. The highest BCUT2D eigenvalue weighted by Gasteiger charge is 2.34. The zero-order chi connectivity index (χ0) is 16.9. The molecule has 0 bridgehead atoms. The second-order valence-electron chi connectivity index (χ2n) is 4.79. The van der Waals surface area contributed by atoms with Crippen LogP contribution in [0.3, 0.4) is 0 Å². The average Bonchev–Trinajstić information content (AvgIpc) is 2.43. The number of nitrogens with two attached hydrogens (primary N) is 2. The van der Waals surface area contributed by atoms with Crippen LogP contribution in [0.5, 0.6) is 0 Å². The predicted molar refractivity (Wildman–Crippen MR) is 77.1 cm³/mol. The lowest BCUT2D eigenvalue weighted by molar-refractivity contribution is -0.140. The minimum atomic E-state index is -4.82. The number of alkyl halides is 3. The van der Waals surface area contributed by atoms with Gasteiger partial charge in [0.2, 0.25) is 0 Å². The normalized spacial score (nSPS) is 12.8. The van der Waals surface area contributed by atoms with Gasteiger partial charge in [-0.05, 0) is 25.2 Å². The molecule has 1 aromatic rings. The van der Waals surface area contributed by atoms with Crippen LogP contribution in [0.15, 0.2) is 30.0 Å². The maximum atomic E-state index is 13.3. The highest BCUT2D eigenvalue weighted by atomic mass is 19.4. The van der Waals surface area contributed by atoms with Gasteiger partial charge in [0.1, 0.15) is 5.82 Å². The van der Waals surface area contributed by atoms with E-state index in [4.69, 9.17) is 16.9 Å². The van der Waals surface area contributed by atoms with Crippen molar-refractivity contribution in [3.05, 3.63) is 46.9 Å². The average molecular weight is 318 g/mol. The number of nitrogens with one attached hydrogen (secondary N) is 1. The fourth-order valence-corrected chi connectivity index (χ4v) is 1.89. The first-order valence-corrected chi connectivity index (χ1v) is 6.46. The molecule has 0 aromatic heterocycles. The van der Waals surface area contributed by atoms with Crippen molar-refractivity contribution in [1.82, 2.24) is 4.90 Å². The summed E-state index contributed by atoms with van der Waals surface area (Å²) in [5.74, 6) is -1.37. The first kappa shape index (κ1) is 18.1. The number of benzene rings is 1. The standard InChI is InChI=1S/C14H18F4N4/c1-22(5-4-19)8-10(7-20)13(21)9-2-3-12(15)11(6-9)14(16,17)18/h2-3,6-7,21H,4-5,8,19-20H2,1H3/b10-7-,21-13?. The number of hydrogen-bond acceptors (Lipinski definition) is 4. The van der Waals surface area contributed by atoms with Crippen molar-refractivity contribution in [1.29, 1.82) is 5.41 Å². The van der Waals surface area contributed by atoms with E-state index in [-0.39, 0.29) is 17.8 Å². The fourth-order valence-electron chi connectivity index (χ4n) is 1.89. The minimum Gasteiger partial charge on any atom is -0.404 e. The largest absolute Gasteiger partial charge is 0.419 e. The molecule has 1 rings (SSSR count). The Hall–Kier alpha value is -1.93. The molecule has 5 N–H and O–H groups in total. The molecule has 0 radical (unpaired) electrons. The zero-order valence-corrected chi connectivity index (χ0v) is 12.0. The quantitative estimate of drug-likeness (QED) is 0.554. The minimum absolute atomic E-state index is 0.0495. The SMILES string of the molecule is CN(CCN)C/C(=C/N)C(=N)c1ccc(F)c(C(F)(F)F)c1. The molecule has 8 heteroatoms. The van der Waals surface area contributed by atoms with Gasteiger partial charge in [-0.15, -0.1) is 0 Å². The molecule has 0 amide bonds. The van der Waals surface area contributed by atoms with Gasteiger partial charge in [0.25, 0.3) is 0 Å². The van der Waals surface area contributed by atoms with E-state index in [1.54, 1.807) is 11.9 Å². The summed E-state index contributed by atoms with van der Waals surface area (Å²) in [6, 6.07) is 2.44. The lowest BCUT2D eigenvalue weighted by Gasteiger charge is -2.18. The van der Waals surface area contributed by atoms with Crippen LogP contribution in [0.4, 0.5) is 17.6 Å². The van der Waals surface area contributed by atoms with E-state index in [0.29, 0.717) is 30.8 Å². The van der Waals surface area contributed by atoms with Crippen LogP contribution in [-0.4, -0.2) is 37.3 Å². The summed E-state index contributed by atoms with van der Waals surface area (Å²) in [7, 11) is 1.75. The summed E-state index contributed by atoms with van der Waals surface area (Å²) < 4.78 is 51.4. The van der Waals surface area contributed by atoms with Crippen molar-refractivity contribution in [3.63, 3.8) is 0 Å². The van der Waals surface area contributed by atoms with Crippen LogP contribution in [0.2, 0.25) is 0 Å². The Balaban J connectivity index is 3.07. The molecule has 0 spiro atoms. The van der Waals surface area contributed by atoms with Crippen molar-refractivity contribution < 1.29 is 17.6 Å². The Morgan fingerprint density at radius 2 is 2.00 bits per heavy atom. The molecule has 0 atom stereocenters. The van der Waals surface area contributed by atoms with Crippen molar-refractivity contribution in [2.75, 3.05) is 26.7 Å². The van der Waals surface area contributed by atoms with Gasteiger partial charge in [-0.2, -0.15) is 13.2 Å². The van der Waals surface area contributed by atoms with E-state index >= 15 is 0 Å². The maximum absolute atomic E-state index is 13.3. The first-order valence-electron chi connectivity index (χ1n) is 6.46. The Bertz CT molecular complexity index is 566. The third kappa shape index (κ3) is 4.54. The van der Waals surface area contributed by atoms with Crippen LogP contribution >= 0.6 is 0 Å². The van der Waals surface area contributed by atoms with Gasteiger partial charge in [-0.25, -0.2) is 4.39 Å². The predicted octanol–water partition coefficient (Wildman–Crippen LogP) is 1.95. The van der Waals surface area contributed by atoms with E-state index < -0.39 is 17.6 Å². The van der Waals surface area contributed by atoms with Crippen LogP contribution < -0.4 is 11.5 Å². The summed E-state index contributed by atoms with van der Waals surface area (Å²) in [5, 5.41) is 7.99. The number of likely N-dealkylation sites (N-methyl/N-ethyl adjacent to an activating group) is 1. The van der Waals surface area contributed by atoms with E-state index in [2.05, 4.69) is 0 Å². The number of nitrogens with zero attached hydrogens (tertiary/aromatic N) is 1. The van der Waals surface area contributed by atoms with Gasteiger partial charge in [0, 0.05) is 37.0 Å². The molecule has 22 heavy (non-hydrogen) atoms. The van der Waals surface area contributed by atoms with Crippen molar-refractivity contribution in [2.24, 2.45) is 11.5 Å². The summed E-state index contributed by atoms with van der Waals surface area (Å²) in [6.45, 7) is 1.20. The number of rotatable bonds is 6. The summed E-state index contributed by atoms with van der Waals surface area (Å²) in [5.41, 5.74) is 9.55. The molecule has 0 aliphatic heterocycles. The van der Waals surface area contributed by atoms with E-state index in [1.165, 1.54) is 0 Å². The third-order valence-electron chi connectivity index (χ3n) is 3.03. The van der Waals surface area contributed by atoms with Crippen molar-refractivity contribution in [3.8, 4) is 0 Å². The molecule has 0 aliphatic rings. The topological polar surface area (TPSA) is 79.1 Å². The molecule has 0 aliphatic carbocycles. The lowest BCUT2D eigenvalue weighted by Crippen LogP contribution is -2.29. The molecule has 0 heterocycles. The Kier molecular flexibility index (Phi) is 6.07. The summed E-state index contributed by atoms with van der Waals surface area (Å²) in [6.07, 6.45) is -3.66. The van der Waals surface area contributed by atoms with Gasteiger partial charge in [0.05, 0.1) is 11.3 Å². The molecule has 0 saturated carbocycles. The van der Waals surface area contributed by atoms with Crippen molar-refractivity contribution in [2.45, 2.75) is 6.18 Å². The molecular weight excluding hydrogens is 300 g/mol. The fraction of sp³-hybridized carbons (Fsp3) is 0.357. The van der Waals surface area contributed by atoms with Crippen LogP contribution in [0, 0.1) is 11.2 Å². The molecule has 4 nitrogen and oxygen atoms in total. The van der Waals surface area contributed by atoms with Crippen LogP contribution in [-0.2, 0) is 6.18 Å². The molecule has 0 unspecified atom stereocenters. The van der Waals surface area contributed by atoms with Gasteiger partial charge >= 0.3 is 6.18 Å². The lowest BCUT2D eigenvalue weighted by atomic mass is 10.00. The van der Waals surface area contributed by atoms with Crippen LogP contribution in [0.1, 0.15) is 11.1 Å². The molecule has 0 saturated heterocycles. The highest BCUT2D eigenvalue weighted by Crippen LogP contribution is 2.32. The monoisotopic (exact) mass is 318 g/mol. The Labute approximate surface area is 125 Å². The van der Waals surface area contributed by atoms with E-state index in [0.717, 1.165) is 12.3 Å². The van der Waals surface area contributed by atoms with Crippen LogP contribution in [0.25, 0.3) is 0 Å². The highest BCUT2D eigenvalue weighted by molar-refractivity contribution is 6.10. The third-order valence-corrected chi connectivity index (χ3v) is 3.03. The smallest absolute Gasteiger partial charge is 0.404 e. The summed E-state index contributed by atoms with van der Waals surface area (Å²) >= 11 is 0.